The van der Waals surface area contributed by atoms with E-state index in [2.05, 4.69) is 20.5 Å². The Labute approximate surface area is 116 Å². The molecule has 0 saturated heterocycles. The molecule has 0 fully saturated rings. The number of aromatic nitrogens is 3. The molecule has 0 aliphatic rings. The summed E-state index contributed by atoms with van der Waals surface area (Å²) in [5, 5.41) is 9.19. The number of alkyl halides is 3. The summed E-state index contributed by atoms with van der Waals surface area (Å²) >= 11 is 1.14. The molecule has 0 bridgehead atoms. The number of anilines is 1. The standard InChI is InChI=1S/C11H9F3N4OS/c12-11(13,14)7-1-3-8(4-2-7)17-9(19)5-20-10-15-6-16-18-10/h1-4,6H,5H2,(H,17,19)(H,15,16,18). The van der Waals surface area contributed by atoms with Crippen LogP contribution in [0.3, 0.4) is 0 Å². The molecule has 0 spiro atoms. The number of nitrogens with zero attached hydrogens (tertiary/aromatic N) is 2. The minimum atomic E-state index is -4.38. The van der Waals surface area contributed by atoms with Crippen LogP contribution in [0.1, 0.15) is 5.56 Å². The number of hydrogen-bond acceptors (Lipinski definition) is 4. The van der Waals surface area contributed by atoms with Crippen LogP contribution in [0.5, 0.6) is 0 Å². The van der Waals surface area contributed by atoms with Crippen LogP contribution in [-0.4, -0.2) is 26.8 Å². The molecule has 0 saturated carbocycles. The van der Waals surface area contributed by atoms with Gasteiger partial charge in [-0.2, -0.15) is 18.3 Å². The van der Waals surface area contributed by atoms with Crippen LogP contribution in [-0.2, 0) is 11.0 Å². The Hall–Kier alpha value is -2.03. The number of benzene rings is 1. The Morgan fingerprint density at radius 2 is 2.00 bits per heavy atom. The second kappa shape index (κ2) is 5.95. The number of carbonyl (C=O) groups is 1. The van der Waals surface area contributed by atoms with E-state index in [0.717, 1.165) is 23.9 Å². The van der Waals surface area contributed by atoms with Gasteiger partial charge in [0.1, 0.15) is 6.33 Å². The molecule has 2 rings (SSSR count). The highest BCUT2D eigenvalue weighted by molar-refractivity contribution is 7.99. The number of carbonyl (C=O) groups excluding carboxylic acids is 1. The van der Waals surface area contributed by atoms with Gasteiger partial charge < -0.3 is 5.32 Å². The van der Waals surface area contributed by atoms with E-state index in [0.29, 0.717) is 10.8 Å². The topological polar surface area (TPSA) is 70.7 Å². The van der Waals surface area contributed by atoms with Gasteiger partial charge in [0.15, 0.2) is 5.16 Å². The maximum absolute atomic E-state index is 12.4. The number of aromatic amines is 1. The van der Waals surface area contributed by atoms with Crippen LogP contribution < -0.4 is 5.32 Å². The third-order valence-corrected chi connectivity index (χ3v) is 3.11. The van der Waals surface area contributed by atoms with Gasteiger partial charge in [-0.15, -0.1) is 0 Å². The smallest absolute Gasteiger partial charge is 0.325 e. The molecule has 9 heteroatoms. The van der Waals surface area contributed by atoms with E-state index in [-0.39, 0.29) is 11.7 Å². The molecule has 0 aliphatic heterocycles. The summed E-state index contributed by atoms with van der Waals surface area (Å²) in [6, 6.07) is 4.25. The molecule has 2 N–H and O–H groups in total. The van der Waals surface area contributed by atoms with Crippen LogP contribution in [0.2, 0.25) is 0 Å². The summed E-state index contributed by atoms with van der Waals surface area (Å²) in [5.74, 6) is -0.262. The number of hydrogen-bond donors (Lipinski definition) is 2. The number of halogens is 3. The minimum Gasteiger partial charge on any atom is -0.325 e. The van der Waals surface area contributed by atoms with Crippen molar-refractivity contribution in [1.29, 1.82) is 0 Å². The van der Waals surface area contributed by atoms with Gasteiger partial charge >= 0.3 is 6.18 Å². The van der Waals surface area contributed by atoms with Crippen LogP contribution in [0.4, 0.5) is 18.9 Å². The monoisotopic (exact) mass is 302 g/mol. The van der Waals surface area contributed by atoms with E-state index < -0.39 is 11.7 Å². The van der Waals surface area contributed by atoms with Gasteiger partial charge in [0, 0.05) is 5.69 Å². The van der Waals surface area contributed by atoms with E-state index in [4.69, 9.17) is 0 Å². The predicted molar refractivity (Wildman–Crippen MR) is 67.2 cm³/mol. The molecule has 1 amide bonds. The van der Waals surface area contributed by atoms with Crippen LogP contribution in [0.15, 0.2) is 35.7 Å². The summed E-state index contributed by atoms with van der Waals surface area (Å²) in [6.07, 6.45) is -3.07. The fourth-order valence-corrected chi connectivity index (χ4v) is 1.92. The first-order valence-corrected chi connectivity index (χ1v) is 6.39. The van der Waals surface area contributed by atoms with Gasteiger partial charge in [-0.3, -0.25) is 9.89 Å². The SMILES string of the molecule is O=C(CSc1ncn[nH]1)Nc1ccc(C(F)(F)F)cc1. The van der Waals surface area contributed by atoms with Gasteiger partial charge in [-0.05, 0) is 24.3 Å². The van der Waals surface area contributed by atoms with Gasteiger partial charge in [0.25, 0.3) is 0 Å². The summed E-state index contributed by atoms with van der Waals surface area (Å²) in [5.41, 5.74) is -0.451. The lowest BCUT2D eigenvalue weighted by Crippen LogP contribution is -2.14. The number of rotatable bonds is 4. The molecule has 5 nitrogen and oxygen atoms in total. The normalized spacial score (nSPS) is 11.3. The van der Waals surface area contributed by atoms with Crippen molar-refractivity contribution < 1.29 is 18.0 Å². The van der Waals surface area contributed by atoms with Crippen molar-refractivity contribution in [2.45, 2.75) is 11.3 Å². The quantitative estimate of drug-likeness (QED) is 0.852. The van der Waals surface area contributed by atoms with Gasteiger partial charge in [0.05, 0.1) is 11.3 Å². The largest absolute Gasteiger partial charge is 0.416 e. The zero-order valence-corrected chi connectivity index (χ0v) is 10.8. The fraction of sp³-hybridized carbons (Fsp3) is 0.182. The van der Waals surface area contributed by atoms with Crippen molar-refractivity contribution in [2.75, 3.05) is 11.1 Å². The average molecular weight is 302 g/mol. The highest BCUT2D eigenvalue weighted by Gasteiger charge is 2.29. The summed E-state index contributed by atoms with van der Waals surface area (Å²) in [6.45, 7) is 0. The fourth-order valence-electron chi connectivity index (χ4n) is 1.34. The van der Waals surface area contributed by atoms with Crippen molar-refractivity contribution in [3.63, 3.8) is 0 Å². The first-order chi connectivity index (χ1) is 9.45. The van der Waals surface area contributed by atoms with E-state index in [1.165, 1.54) is 18.5 Å². The third-order valence-electron chi connectivity index (χ3n) is 2.23. The van der Waals surface area contributed by atoms with Crippen molar-refractivity contribution in [2.24, 2.45) is 0 Å². The number of thioether (sulfide) groups is 1. The highest BCUT2D eigenvalue weighted by atomic mass is 32.2. The number of amides is 1. The molecule has 2 aromatic rings. The van der Waals surface area contributed by atoms with Crippen LogP contribution in [0.25, 0.3) is 0 Å². The summed E-state index contributed by atoms with van der Waals surface area (Å²) in [7, 11) is 0. The molecular formula is C11H9F3N4OS. The Bertz CT molecular complexity index is 568. The maximum atomic E-state index is 12.4. The molecule has 1 aromatic carbocycles. The second-order valence-corrected chi connectivity index (χ2v) is 4.67. The predicted octanol–water partition coefficient (Wildman–Crippen LogP) is 2.55. The molecule has 1 heterocycles. The Morgan fingerprint density at radius 3 is 2.55 bits per heavy atom. The van der Waals surface area contributed by atoms with Crippen molar-refractivity contribution in [1.82, 2.24) is 15.2 Å². The Kier molecular flexibility index (Phi) is 4.28. The summed E-state index contributed by atoms with van der Waals surface area (Å²) < 4.78 is 37.1. The van der Waals surface area contributed by atoms with E-state index >= 15 is 0 Å². The highest BCUT2D eigenvalue weighted by Crippen LogP contribution is 2.29. The first-order valence-electron chi connectivity index (χ1n) is 5.40. The van der Waals surface area contributed by atoms with E-state index in [1.54, 1.807) is 0 Å². The van der Waals surface area contributed by atoms with Gasteiger partial charge in [-0.1, -0.05) is 11.8 Å². The zero-order chi connectivity index (χ0) is 14.6. The molecule has 0 unspecified atom stereocenters. The third kappa shape index (κ3) is 3.98. The molecule has 1 aromatic heterocycles. The van der Waals surface area contributed by atoms with Crippen molar-refractivity contribution in [3.8, 4) is 0 Å². The molecule has 20 heavy (non-hydrogen) atoms. The van der Waals surface area contributed by atoms with Crippen molar-refractivity contribution >= 4 is 23.4 Å². The van der Waals surface area contributed by atoms with E-state index in [1.807, 2.05) is 0 Å². The lowest BCUT2D eigenvalue weighted by atomic mass is 10.2. The molecule has 0 atom stereocenters. The summed E-state index contributed by atoms with van der Waals surface area (Å²) in [4.78, 5) is 15.4. The molecule has 0 radical (unpaired) electrons. The number of nitrogens with one attached hydrogen (secondary N) is 2. The molecule has 0 aliphatic carbocycles. The second-order valence-electron chi connectivity index (χ2n) is 3.70. The molecular weight excluding hydrogens is 293 g/mol. The van der Waals surface area contributed by atoms with Crippen LogP contribution >= 0.6 is 11.8 Å². The van der Waals surface area contributed by atoms with Gasteiger partial charge in [0.2, 0.25) is 5.91 Å². The first kappa shape index (κ1) is 14.4. The number of H-pyrrole nitrogens is 1. The van der Waals surface area contributed by atoms with E-state index in [9.17, 15) is 18.0 Å². The molecule has 106 valence electrons. The van der Waals surface area contributed by atoms with Crippen molar-refractivity contribution in [3.05, 3.63) is 36.2 Å². The minimum absolute atomic E-state index is 0.0796. The van der Waals surface area contributed by atoms with Gasteiger partial charge in [-0.25, -0.2) is 4.98 Å². The average Bonchev–Trinajstić information content (AvgIpc) is 2.89. The lowest BCUT2D eigenvalue weighted by Gasteiger charge is -2.08. The maximum Gasteiger partial charge on any atom is 0.416 e. The Morgan fingerprint density at radius 1 is 1.30 bits per heavy atom. The van der Waals surface area contributed by atoms with Crippen LogP contribution in [0, 0.1) is 0 Å². The Balaban J connectivity index is 1.88. The lowest BCUT2D eigenvalue weighted by molar-refractivity contribution is -0.137. The zero-order valence-electron chi connectivity index (χ0n) is 9.94.